The summed E-state index contributed by atoms with van der Waals surface area (Å²) in [4.78, 5) is 44.0. The van der Waals surface area contributed by atoms with Crippen molar-refractivity contribution in [3.05, 3.63) is 95.1 Å². The van der Waals surface area contributed by atoms with Gasteiger partial charge in [-0.05, 0) is 134 Å². The molecule has 3 amide bonds. The molecule has 54 heavy (non-hydrogen) atoms. The zero-order valence-corrected chi connectivity index (χ0v) is 31.6. The van der Waals surface area contributed by atoms with Gasteiger partial charge in [0.25, 0.3) is 5.91 Å². The quantitative estimate of drug-likeness (QED) is 0.119. The molecule has 4 fully saturated rings. The number of aromatic hydroxyl groups is 1. The summed E-state index contributed by atoms with van der Waals surface area (Å²) in [6, 6.07) is 24.1. The minimum absolute atomic E-state index is 0.115. The van der Waals surface area contributed by atoms with E-state index in [1.165, 1.54) is 22.3 Å². The second kappa shape index (κ2) is 16.1. The molecule has 1 aliphatic carbocycles. The van der Waals surface area contributed by atoms with Crippen molar-refractivity contribution in [2.75, 3.05) is 44.2 Å². The van der Waals surface area contributed by atoms with Crippen LogP contribution >= 0.6 is 0 Å². The SMILES string of the molecule is CC/C(=C(\c1ccc(O)cc1)C1CCC(OCCCCN2CC3CN(c4ccc5c(c4)CN(C4CCC(=O)NC4=O)C5=O)CC3C2)CC1)c1ccccc1. The number of anilines is 1. The number of benzene rings is 3. The summed E-state index contributed by atoms with van der Waals surface area (Å²) >= 11 is 0. The molecule has 0 radical (unpaired) electrons. The first-order valence-electron chi connectivity index (χ1n) is 20.3. The molecule has 4 heterocycles. The maximum atomic E-state index is 13.1. The topological polar surface area (TPSA) is 102 Å². The van der Waals surface area contributed by atoms with Crippen molar-refractivity contribution < 1.29 is 24.2 Å². The lowest BCUT2D eigenvalue weighted by Gasteiger charge is -2.32. The van der Waals surface area contributed by atoms with Crippen molar-refractivity contribution in [1.29, 1.82) is 0 Å². The Bertz CT molecular complexity index is 1850. The van der Waals surface area contributed by atoms with Crippen LogP contribution in [0, 0.1) is 17.8 Å². The van der Waals surface area contributed by atoms with Gasteiger partial charge in [-0.15, -0.1) is 0 Å². The minimum atomic E-state index is -0.580. The number of likely N-dealkylation sites (tertiary alicyclic amines) is 1. The molecule has 5 aliphatic rings. The van der Waals surface area contributed by atoms with E-state index in [4.69, 9.17) is 4.74 Å². The zero-order valence-electron chi connectivity index (χ0n) is 31.6. The fourth-order valence-electron chi connectivity index (χ4n) is 9.93. The Kier molecular flexibility index (Phi) is 10.9. The highest BCUT2D eigenvalue weighted by Crippen LogP contribution is 2.42. The average molecular weight is 731 g/mol. The van der Waals surface area contributed by atoms with Crippen molar-refractivity contribution in [2.24, 2.45) is 17.8 Å². The molecule has 3 aromatic carbocycles. The number of piperidine rings is 1. The van der Waals surface area contributed by atoms with Crippen LogP contribution in [0.5, 0.6) is 5.75 Å². The van der Waals surface area contributed by atoms with Crippen LogP contribution < -0.4 is 10.2 Å². The number of fused-ring (bicyclic) bond motifs is 2. The lowest BCUT2D eigenvalue weighted by molar-refractivity contribution is -0.136. The normalized spacial score (nSPS) is 26.2. The van der Waals surface area contributed by atoms with Gasteiger partial charge in [-0.3, -0.25) is 19.7 Å². The fraction of sp³-hybridized carbons (Fsp3) is 0.489. The van der Waals surface area contributed by atoms with Crippen molar-refractivity contribution in [3.63, 3.8) is 0 Å². The third-order valence-electron chi connectivity index (χ3n) is 12.7. The number of imide groups is 1. The molecule has 9 heteroatoms. The van der Waals surface area contributed by atoms with E-state index < -0.39 is 6.04 Å². The van der Waals surface area contributed by atoms with Crippen LogP contribution in [-0.4, -0.2) is 84.1 Å². The average Bonchev–Trinajstić information content (AvgIpc) is 3.86. The van der Waals surface area contributed by atoms with Gasteiger partial charge in [-0.2, -0.15) is 0 Å². The molecule has 8 rings (SSSR count). The number of phenolic OH excluding ortho intramolecular Hbond substituents is 1. The number of rotatable bonds is 12. The van der Waals surface area contributed by atoms with E-state index in [-0.39, 0.29) is 24.1 Å². The van der Waals surface area contributed by atoms with Crippen molar-refractivity contribution in [1.82, 2.24) is 15.1 Å². The van der Waals surface area contributed by atoms with Crippen molar-refractivity contribution >= 4 is 34.6 Å². The first kappa shape index (κ1) is 36.5. The van der Waals surface area contributed by atoms with Crippen LogP contribution in [0.25, 0.3) is 11.1 Å². The molecule has 3 aromatic rings. The highest BCUT2D eigenvalue weighted by molar-refractivity contribution is 6.05. The van der Waals surface area contributed by atoms with Gasteiger partial charge in [0, 0.05) is 57.0 Å². The Morgan fingerprint density at radius 2 is 1.57 bits per heavy atom. The number of hydrogen-bond donors (Lipinski definition) is 2. The number of amides is 3. The van der Waals surface area contributed by atoms with Crippen LogP contribution in [-0.2, 0) is 20.9 Å². The van der Waals surface area contributed by atoms with Crippen LogP contribution in [0.3, 0.4) is 0 Å². The van der Waals surface area contributed by atoms with E-state index in [2.05, 4.69) is 76.6 Å². The Morgan fingerprint density at radius 1 is 0.833 bits per heavy atom. The highest BCUT2D eigenvalue weighted by Gasteiger charge is 2.42. The number of unbranched alkanes of at least 4 members (excludes halogenated alkanes) is 1. The largest absolute Gasteiger partial charge is 0.508 e. The van der Waals surface area contributed by atoms with Gasteiger partial charge in [0.05, 0.1) is 6.10 Å². The molecule has 1 saturated carbocycles. The van der Waals surface area contributed by atoms with E-state index in [1.807, 2.05) is 18.2 Å². The molecular weight excluding hydrogens is 677 g/mol. The molecular formula is C45H54N4O5. The summed E-state index contributed by atoms with van der Waals surface area (Å²) in [7, 11) is 0. The molecule has 284 valence electrons. The van der Waals surface area contributed by atoms with Gasteiger partial charge >= 0.3 is 0 Å². The molecule has 0 bridgehead atoms. The molecule has 0 spiro atoms. The maximum Gasteiger partial charge on any atom is 0.255 e. The van der Waals surface area contributed by atoms with Crippen LogP contribution in [0.1, 0.15) is 91.8 Å². The third kappa shape index (κ3) is 7.71. The molecule has 0 aromatic heterocycles. The smallest absolute Gasteiger partial charge is 0.255 e. The Hall–Kier alpha value is -4.47. The Morgan fingerprint density at radius 3 is 2.28 bits per heavy atom. The summed E-state index contributed by atoms with van der Waals surface area (Å²) < 4.78 is 6.46. The number of allylic oxidation sites excluding steroid dienone is 2. The van der Waals surface area contributed by atoms with E-state index in [1.54, 1.807) is 4.90 Å². The summed E-state index contributed by atoms with van der Waals surface area (Å²) in [5.41, 5.74) is 8.16. The van der Waals surface area contributed by atoms with E-state index >= 15 is 0 Å². The predicted octanol–water partition coefficient (Wildman–Crippen LogP) is 6.90. The number of nitrogens with one attached hydrogen (secondary N) is 1. The first-order chi connectivity index (χ1) is 26.3. The van der Waals surface area contributed by atoms with Crippen LogP contribution in [0.4, 0.5) is 5.69 Å². The number of ether oxygens (including phenoxy) is 1. The van der Waals surface area contributed by atoms with Gasteiger partial charge in [-0.25, -0.2) is 0 Å². The molecule has 3 saturated heterocycles. The van der Waals surface area contributed by atoms with Crippen molar-refractivity contribution in [3.8, 4) is 5.75 Å². The highest BCUT2D eigenvalue weighted by atomic mass is 16.5. The predicted molar refractivity (Wildman–Crippen MR) is 211 cm³/mol. The van der Waals surface area contributed by atoms with Gasteiger partial charge < -0.3 is 24.5 Å². The number of carbonyl (C=O) groups excluding carboxylic acids is 3. The van der Waals surface area contributed by atoms with Crippen LogP contribution in [0.15, 0.2) is 72.8 Å². The first-order valence-corrected chi connectivity index (χ1v) is 20.3. The Balaban J connectivity index is 0.767. The van der Waals surface area contributed by atoms with Gasteiger partial charge in [0.2, 0.25) is 11.8 Å². The van der Waals surface area contributed by atoms with E-state index in [0.717, 1.165) is 95.5 Å². The number of nitrogens with zero attached hydrogens (tertiary/aromatic N) is 3. The third-order valence-corrected chi connectivity index (χ3v) is 12.7. The number of hydrogen-bond acceptors (Lipinski definition) is 7. The molecule has 3 atom stereocenters. The molecule has 4 aliphatic heterocycles. The van der Waals surface area contributed by atoms with Crippen molar-refractivity contribution in [2.45, 2.75) is 83.4 Å². The van der Waals surface area contributed by atoms with E-state index in [9.17, 15) is 19.5 Å². The van der Waals surface area contributed by atoms with Crippen LogP contribution in [0.2, 0.25) is 0 Å². The van der Waals surface area contributed by atoms with Gasteiger partial charge in [-0.1, -0.05) is 49.4 Å². The zero-order chi connectivity index (χ0) is 37.2. The number of carbonyl (C=O) groups is 3. The second-order valence-electron chi connectivity index (χ2n) is 16.1. The van der Waals surface area contributed by atoms with Gasteiger partial charge in [0.15, 0.2) is 0 Å². The monoisotopic (exact) mass is 730 g/mol. The fourth-order valence-corrected chi connectivity index (χ4v) is 9.93. The maximum absolute atomic E-state index is 13.1. The standard InChI is InChI=1S/C45H54N4O5/c1-2-39(30-8-4-3-5-9-30)43(31-10-15-37(50)16-11-31)32-12-17-38(18-13-32)54-23-7-6-22-47-25-34-27-48(28-35(34)26-47)36-14-19-40-33(24-36)29-49(45(40)53)41-20-21-42(51)46-44(41)52/h3-5,8-11,14-16,19,24,32,34-35,38,41,50H,2,6-7,12-13,17-18,20-23,25-29H2,1H3,(H,46,51,52)/b43-39-. The summed E-state index contributed by atoms with van der Waals surface area (Å²) in [6.45, 7) is 8.97. The summed E-state index contributed by atoms with van der Waals surface area (Å²) in [5, 5.41) is 12.4. The molecule has 3 unspecified atom stereocenters. The lowest BCUT2D eigenvalue weighted by Crippen LogP contribution is -2.52. The minimum Gasteiger partial charge on any atom is -0.508 e. The number of phenols is 1. The Labute approximate surface area is 319 Å². The van der Waals surface area contributed by atoms with E-state index in [0.29, 0.717) is 48.1 Å². The lowest BCUT2D eigenvalue weighted by atomic mass is 9.76. The molecule has 9 nitrogen and oxygen atoms in total. The summed E-state index contributed by atoms with van der Waals surface area (Å²) in [5.74, 6) is 1.36. The second-order valence-corrected chi connectivity index (χ2v) is 16.1. The van der Waals surface area contributed by atoms with Gasteiger partial charge in [0.1, 0.15) is 11.8 Å². The molecule has 2 N–H and O–H groups in total. The summed E-state index contributed by atoms with van der Waals surface area (Å²) in [6.07, 6.45) is 8.62.